The molecule has 17 heavy (non-hydrogen) atoms. The highest BCUT2D eigenvalue weighted by molar-refractivity contribution is 5.79. The number of amides is 1. The van der Waals surface area contributed by atoms with E-state index in [1.54, 1.807) is 0 Å². The number of likely N-dealkylation sites (tertiary alicyclic amines) is 1. The molecular formula is C14H26N2O. The second-order valence-corrected chi connectivity index (χ2v) is 6.68. The average Bonchev–Trinajstić information content (AvgIpc) is 2.73. The van der Waals surface area contributed by atoms with Crippen LogP contribution in [0.3, 0.4) is 0 Å². The lowest BCUT2D eigenvalue weighted by Crippen LogP contribution is -2.53. The van der Waals surface area contributed by atoms with Crippen LogP contribution in [0, 0.1) is 11.3 Å². The number of nitrogens with one attached hydrogen (secondary N) is 1. The van der Waals surface area contributed by atoms with E-state index in [9.17, 15) is 4.79 Å². The molecule has 0 aromatic rings. The third kappa shape index (κ3) is 2.49. The van der Waals surface area contributed by atoms with E-state index < -0.39 is 0 Å². The Hall–Kier alpha value is -0.570. The molecule has 3 unspecified atom stereocenters. The number of hydrogen-bond donors (Lipinski definition) is 1. The molecule has 2 fully saturated rings. The summed E-state index contributed by atoms with van der Waals surface area (Å²) in [5.74, 6) is 0.470. The molecule has 0 aliphatic carbocycles. The molecule has 0 radical (unpaired) electrons. The Morgan fingerprint density at radius 3 is 2.71 bits per heavy atom. The van der Waals surface area contributed by atoms with Gasteiger partial charge in [0.05, 0.1) is 0 Å². The fourth-order valence-corrected chi connectivity index (χ4v) is 2.96. The second-order valence-electron chi connectivity index (χ2n) is 6.68. The van der Waals surface area contributed by atoms with Crippen molar-refractivity contribution in [3.05, 3.63) is 0 Å². The SMILES string of the molecule is CC(C(=O)N1CCCC2NCCC21)C(C)(C)C. The summed E-state index contributed by atoms with van der Waals surface area (Å²) in [6.45, 7) is 10.6. The van der Waals surface area contributed by atoms with E-state index in [0.717, 1.165) is 25.9 Å². The lowest BCUT2D eigenvalue weighted by Gasteiger charge is -2.41. The van der Waals surface area contributed by atoms with E-state index in [-0.39, 0.29) is 11.3 Å². The monoisotopic (exact) mass is 238 g/mol. The Morgan fingerprint density at radius 2 is 2.06 bits per heavy atom. The van der Waals surface area contributed by atoms with Crippen LogP contribution < -0.4 is 5.32 Å². The van der Waals surface area contributed by atoms with Gasteiger partial charge in [-0.1, -0.05) is 27.7 Å². The van der Waals surface area contributed by atoms with Crippen LogP contribution in [0.1, 0.15) is 47.0 Å². The summed E-state index contributed by atoms with van der Waals surface area (Å²) in [6.07, 6.45) is 3.52. The standard InChI is InChI=1S/C14H26N2O/c1-10(14(2,3)4)13(17)16-9-5-6-11-12(16)7-8-15-11/h10-12,15H,5-9H2,1-4H3. The Labute approximate surface area is 105 Å². The van der Waals surface area contributed by atoms with Gasteiger partial charge in [0.15, 0.2) is 0 Å². The van der Waals surface area contributed by atoms with E-state index in [2.05, 4.69) is 37.9 Å². The number of nitrogens with zero attached hydrogens (tertiary/aromatic N) is 1. The van der Waals surface area contributed by atoms with E-state index >= 15 is 0 Å². The van der Waals surface area contributed by atoms with Gasteiger partial charge in [-0.3, -0.25) is 4.79 Å². The van der Waals surface area contributed by atoms with Crippen molar-refractivity contribution in [2.75, 3.05) is 13.1 Å². The van der Waals surface area contributed by atoms with Crippen molar-refractivity contribution in [3.63, 3.8) is 0 Å². The molecule has 2 rings (SSSR count). The molecule has 0 aromatic carbocycles. The zero-order chi connectivity index (χ0) is 12.6. The molecule has 2 saturated heterocycles. The largest absolute Gasteiger partial charge is 0.338 e. The van der Waals surface area contributed by atoms with Gasteiger partial charge in [0.2, 0.25) is 5.91 Å². The fourth-order valence-electron chi connectivity index (χ4n) is 2.96. The van der Waals surface area contributed by atoms with Crippen molar-refractivity contribution in [1.29, 1.82) is 0 Å². The molecule has 0 saturated carbocycles. The molecule has 0 spiro atoms. The van der Waals surface area contributed by atoms with Crippen LogP contribution in [-0.4, -0.2) is 36.0 Å². The van der Waals surface area contributed by atoms with E-state index in [0.29, 0.717) is 18.0 Å². The second kappa shape index (κ2) is 4.60. The van der Waals surface area contributed by atoms with Crippen molar-refractivity contribution in [1.82, 2.24) is 10.2 Å². The van der Waals surface area contributed by atoms with Gasteiger partial charge in [-0.15, -0.1) is 0 Å². The molecule has 1 N–H and O–H groups in total. The van der Waals surface area contributed by atoms with E-state index in [1.165, 1.54) is 6.42 Å². The molecule has 2 aliphatic heterocycles. The topological polar surface area (TPSA) is 32.3 Å². The zero-order valence-corrected chi connectivity index (χ0v) is 11.6. The van der Waals surface area contributed by atoms with Gasteiger partial charge < -0.3 is 10.2 Å². The lowest BCUT2D eigenvalue weighted by molar-refractivity contribution is -0.142. The third-order valence-corrected chi connectivity index (χ3v) is 4.58. The molecule has 0 bridgehead atoms. The van der Waals surface area contributed by atoms with Crippen LogP contribution in [0.2, 0.25) is 0 Å². The van der Waals surface area contributed by atoms with Crippen LogP contribution in [0.25, 0.3) is 0 Å². The highest BCUT2D eigenvalue weighted by atomic mass is 16.2. The Bertz CT molecular complexity index is 295. The summed E-state index contributed by atoms with van der Waals surface area (Å²) >= 11 is 0. The first kappa shape index (κ1) is 12.9. The maximum Gasteiger partial charge on any atom is 0.226 e. The summed E-state index contributed by atoms with van der Waals surface area (Å²) in [5.41, 5.74) is 0.0655. The van der Waals surface area contributed by atoms with Crippen LogP contribution in [0.15, 0.2) is 0 Å². The minimum Gasteiger partial charge on any atom is -0.338 e. The molecular weight excluding hydrogens is 212 g/mol. The first-order chi connectivity index (χ1) is 7.91. The molecule has 2 heterocycles. The number of carbonyl (C=O) groups is 1. The molecule has 2 aliphatic rings. The molecule has 3 atom stereocenters. The van der Waals surface area contributed by atoms with Crippen LogP contribution in [0.5, 0.6) is 0 Å². The normalized spacial score (nSPS) is 31.2. The predicted octanol–water partition coefficient (Wildman–Crippen LogP) is 2.02. The predicted molar refractivity (Wildman–Crippen MR) is 69.8 cm³/mol. The van der Waals surface area contributed by atoms with Gasteiger partial charge in [0.25, 0.3) is 0 Å². The Morgan fingerprint density at radius 1 is 1.35 bits per heavy atom. The number of rotatable bonds is 1. The summed E-state index contributed by atoms with van der Waals surface area (Å²) in [4.78, 5) is 14.7. The van der Waals surface area contributed by atoms with Crippen molar-refractivity contribution in [2.24, 2.45) is 11.3 Å². The van der Waals surface area contributed by atoms with Crippen molar-refractivity contribution < 1.29 is 4.79 Å². The first-order valence-electron chi connectivity index (χ1n) is 6.95. The van der Waals surface area contributed by atoms with Gasteiger partial charge in [-0.2, -0.15) is 0 Å². The van der Waals surface area contributed by atoms with Gasteiger partial charge >= 0.3 is 0 Å². The van der Waals surface area contributed by atoms with Gasteiger partial charge in [-0.05, 0) is 31.2 Å². The van der Waals surface area contributed by atoms with Crippen LogP contribution in [-0.2, 0) is 4.79 Å². The maximum absolute atomic E-state index is 12.6. The molecule has 1 amide bonds. The highest BCUT2D eigenvalue weighted by Gasteiger charge is 2.40. The number of carbonyl (C=O) groups excluding carboxylic acids is 1. The Balaban J connectivity index is 2.08. The van der Waals surface area contributed by atoms with Crippen LogP contribution in [0.4, 0.5) is 0 Å². The minimum absolute atomic E-state index is 0.0655. The summed E-state index contributed by atoms with van der Waals surface area (Å²) < 4.78 is 0. The van der Waals surface area contributed by atoms with E-state index in [4.69, 9.17) is 0 Å². The van der Waals surface area contributed by atoms with E-state index in [1.807, 2.05) is 0 Å². The number of piperidine rings is 1. The first-order valence-corrected chi connectivity index (χ1v) is 6.95. The average molecular weight is 238 g/mol. The lowest BCUT2D eigenvalue weighted by atomic mass is 9.80. The zero-order valence-electron chi connectivity index (χ0n) is 11.6. The fraction of sp³-hybridized carbons (Fsp3) is 0.929. The molecule has 0 aromatic heterocycles. The third-order valence-electron chi connectivity index (χ3n) is 4.58. The van der Waals surface area contributed by atoms with Gasteiger partial charge in [0.1, 0.15) is 0 Å². The molecule has 3 heteroatoms. The van der Waals surface area contributed by atoms with Crippen molar-refractivity contribution in [3.8, 4) is 0 Å². The summed E-state index contributed by atoms with van der Waals surface area (Å²) in [7, 11) is 0. The number of fused-ring (bicyclic) bond motifs is 1. The van der Waals surface area contributed by atoms with Gasteiger partial charge in [0, 0.05) is 24.5 Å². The highest BCUT2D eigenvalue weighted by Crippen LogP contribution is 2.31. The summed E-state index contributed by atoms with van der Waals surface area (Å²) in [6, 6.07) is 1.01. The Kier molecular flexibility index (Phi) is 3.48. The maximum atomic E-state index is 12.6. The quantitative estimate of drug-likeness (QED) is 0.758. The summed E-state index contributed by atoms with van der Waals surface area (Å²) in [5, 5.41) is 3.53. The molecule has 3 nitrogen and oxygen atoms in total. The minimum atomic E-state index is 0.0655. The molecule has 98 valence electrons. The van der Waals surface area contributed by atoms with Crippen molar-refractivity contribution >= 4 is 5.91 Å². The van der Waals surface area contributed by atoms with Gasteiger partial charge in [-0.25, -0.2) is 0 Å². The number of hydrogen-bond acceptors (Lipinski definition) is 2. The van der Waals surface area contributed by atoms with Crippen molar-refractivity contribution in [2.45, 2.75) is 59.0 Å². The van der Waals surface area contributed by atoms with Crippen LogP contribution >= 0.6 is 0 Å². The smallest absolute Gasteiger partial charge is 0.226 e.